The molecule has 0 unspecified atom stereocenters. The Labute approximate surface area is 141 Å². The molecule has 1 aromatic heterocycles. The first-order valence-electron chi connectivity index (χ1n) is 8.13. The molecule has 0 saturated heterocycles. The zero-order valence-electron chi connectivity index (χ0n) is 14.5. The van der Waals surface area contributed by atoms with Crippen LogP contribution in [0.4, 0.5) is 5.82 Å². The minimum absolute atomic E-state index is 0.0436. The monoisotopic (exact) mass is 325 g/mol. The largest absolute Gasteiger partial charge is 0.457 e. The normalized spacial score (nSPS) is 21.3. The number of carbonyl (C=O) groups excluding carboxylic acids is 1. The van der Waals surface area contributed by atoms with Crippen molar-refractivity contribution in [3.8, 4) is 0 Å². The van der Waals surface area contributed by atoms with Crippen molar-refractivity contribution >= 4 is 22.7 Å². The highest BCUT2D eigenvalue weighted by Crippen LogP contribution is 2.59. The summed E-state index contributed by atoms with van der Waals surface area (Å²) in [5.74, 6) is 0.762. The summed E-state index contributed by atoms with van der Waals surface area (Å²) < 4.78 is 5.45. The summed E-state index contributed by atoms with van der Waals surface area (Å²) in [7, 11) is 0. The third-order valence-electron chi connectivity index (χ3n) is 4.70. The Bertz CT molecular complexity index is 822. The van der Waals surface area contributed by atoms with Crippen molar-refractivity contribution < 1.29 is 9.53 Å². The highest BCUT2D eigenvalue weighted by atomic mass is 16.5. The van der Waals surface area contributed by atoms with Crippen molar-refractivity contribution in [2.75, 3.05) is 5.73 Å². The lowest BCUT2D eigenvalue weighted by Crippen LogP contribution is -2.12. The molecule has 0 radical (unpaired) electrons. The molecule has 0 aliphatic heterocycles. The van der Waals surface area contributed by atoms with E-state index >= 15 is 0 Å². The molecule has 2 atom stereocenters. The van der Waals surface area contributed by atoms with Gasteiger partial charge in [-0.2, -0.15) is 0 Å². The van der Waals surface area contributed by atoms with Crippen molar-refractivity contribution in [3.63, 3.8) is 0 Å². The molecule has 3 rings (SSSR count). The molecule has 0 amide bonds. The fourth-order valence-electron chi connectivity index (χ4n) is 3.24. The van der Waals surface area contributed by atoms with E-state index in [0.717, 1.165) is 10.9 Å². The van der Waals surface area contributed by atoms with Gasteiger partial charge in [-0.15, -0.1) is 0 Å². The number of benzene rings is 1. The number of allylic oxidation sites excluding steroid dienone is 2. The van der Waals surface area contributed by atoms with Gasteiger partial charge < -0.3 is 10.5 Å². The van der Waals surface area contributed by atoms with Gasteiger partial charge in [-0.1, -0.05) is 37.6 Å². The maximum Gasteiger partial charge on any atom is 0.310 e. The highest BCUT2D eigenvalue weighted by Gasteiger charge is 2.61. The summed E-state index contributed by atoms with van der Waals surface area (Å²) >= 11 is 0. The van der Waals surface area contributed by atoms with Crippen molar-refractivity contribution in [1.29, 1.82) is 0 Å². The molecule has 0 bridgehead atoms. The van der Waals surface area contributed by atoms with E-state index in [1.807, 2.05) is 38.1 Å². The first-order valence-corrected chi connectivity index (χ1v) is 8.13. The quantitative estimate of drug-likeness (QED) is 0.687. The van der Waals surface area contributed by atoms with E-state index in [1.54, 1.807) is 0 Å². The number of nitrogens with two attached hydrogens (primary N) is 1. The Balaban J connectivity index is 1.70. The number of ether oxygens (including phenoxy) is 1. The Morgan fingerprint density at radius 3 is 2.71 bits per heavy atom. The van der Waals surface area contributed by atoms with Crippen LogP contribution in [-0.2, 0) is 16.1 Å². The fraction of sp³-hybridized carbons (Fsp3) is 0.421. The number of aromatic nitrogens is 2. The summed E-state index contributed by atoms with van der Waals surface area (Å²) in [6, 6.07) is 7.52. The van der Waals surface area contributed by atoms with Crippen LogP contribution in [0.2, 0.25) is 0 Å². The van der Waals surface area contributed by atoms with Crippen LogP contribution in [0.1, 0.15) is 33.5 Å². The van der Waals surface area contributed by atoms with Gasteiger partial charge in [-0.05, 0) is 37.3 Å². The van der Waals surface area contributed by atoms with Crippen LogP contribution < -0.4 is 5.73 Å². The van der Waals surface area contributed by atoms with Gasteiger partial charge in [0.25, 0.3) is 0 Å². The van der Waals surface area contributed by atoms with Gasteiger partial charge in [0.2, 0.25) is 0 Å². The van der Waals surface area contributed by atoms with E-state index in [4.69, 9.17) is 10.5 Å². The van der Waals surface area contributed by atoms with E-state index in [2.05, 4.69) is 29.9 Å². The third kappa shape index (κ3) is 2.98. The number of rotatable bonds is 4. The van der Waals surface area contributed by atoms with Gasteiger partial charge in [0.05, 0.1) is 11.4 Å². The van der Waals surface area contributed by atoms with Crippen LogP contribution >= 0.6 is 0 Å². The average molecular weight is 325 g/mol. The zero-order chi connectivity index (χ0) is 17.5. The SMILES string of the molecule is CC(C)=C[C@@H]1[C@H](C(=O)OCc2nc(N)c3ccccc3n2)C1(C)C. The van der Waals surface area contributed by atoms with E-state index in [9.17, 15) is 4.79 Å². The van der Waals surface area contributed by atoms with Gasteiger partial charge in [0.1, 0.15) is 5.82 Å². The second-order valence-electron chi connectivity index (χ2n) is 7.22. The summed E-state index contributed by atoms with van der Waals surface area (Å²) in [4.78, 5) is 21.0. The molecule has 1 aromatic carbocycles. The lowest BCUT2D eigenvalue weighted by atomic mass is 10.1. The van der Waals surface area contributed by atoms with E-state index in [1.165, 1.54) is 5.57 Å². The molecule has 2 aromatic rings. The second-order valence-corrected chi connectivity index (χ2v) is 7.22. The topological polar surface area (TPSA) is 78.1 Å². The van der Waals surface area contributed by atoms with Gasteiger partial charge in [0, 0.05) is 5.39 Å². The molecule has 1 aliphatic carbocycles. The first kappa shape index (κ1) is 16.4. The van der Waals surface area contributed by atoms with E-state index in [-0.39, 0.29) is 29.8 Å². The molecule has 24 heavy (non-hydrogen) atoms. The Morgan fingerprint density at radius 1 is 1.29 bits per heavy atom. The van der Waals surface area contributed by atoms with E-state index in [0.29, 0.717) is 11.6 Å². The Kier molecular flexibility index (Phi) is 4.03. The number of esters is 1. The molecule has 126 valence electrons. The molecular formula is C19H23N3O2. The van der Waals surface area contributed by atoms with Crippen molar-refractivity contribution in [2.45, 2.75) is 34.3 Å². The Hall–Kier alpha value is -2.43. The molecule has 0 spiro atoms. The minimum Gasteiger partial charge on any atom is -0.457 e. The van der Waals surface area contributed by atoms with Gasteiger partial charge in [-0.3, -0.25) is 4.79 Å². The van der Waals surface area contributed by atoms with Crippen LogP contribution in [0.5, 0.6) is 0 Å². The number of fused-ring (bicyclic) bond motifs is 1. The highest BCUT2D eigenvalue weighted by molar-refractivity contribution is 5.87. The molecule has 1 fully saturated rings. The lowest BCUT2D eigenvalue weighted by Gasteiger charge is -2.07. The smallest absolute Gasteiger partial charge is 0.310 e. The maximum atomic E-state index is 12.4. The zero-order valence-corrected chi connectivity index (χ0v) is 14.5. The van der Waals surface area contributed by atoms with E-state index < -0.39 is 0 Å². The summed E-state index contributed by atoms with van der Waals surface area (Å²) in [6.07, 6.45) is 2.15. The average Bonchev–Trinajstić information content (AvgIpc) is 3.05. The molecule has 5 heteroatoms. The number of anilines is 1. The number of nitrogen functional groups attached to an aromatic ring is 1. The third-order valence-corrected chi connectivity index (χ3v) is 4.70. The van der Waals surface area contributed by atoms with Crippen LogP contribution in [0.15, 0.2) is 35.9 Å². The summed E-state index contributed by atoms with van der Waals surface area (Å²) in [6.45, 7) is 8.31. The number of hydrogen-bond acceptors (Lipinski definition) is 5. The number of nitrogens with zero attached hydrogens (tertiary/aromatic N) is 2. The standard InChI is InChI=1S/C19H23N3O2/c1-11(2)9-13-16(19(13,3)4)18(23)24-10-15-21-14-8-6-5-7-12(14)17(20)22-15/h5-9,13,16H,10H2,1-4H3,(H2,20,21,22)/t13-,16-/m1/s1. The van der Waals surface area contributed by atoms with Crippen molar-refractivity contribution in [1.82, 2.24) is 9.97 Å². The summed E-state index contributed by atoms with van der Waals surface area (Å²) in [5.41, 5.74) is 7.87. The van der Waals surface area contributed by atoms with Crippen LogP contribution in [0, 0.1) is 17.3 Å². The molecule has 1 aliphatic rings. The van der Waals surface area contributed by atoms with Gasteiger partial charge in [0.15, 0.2) is 12.4 Å². The van der Waals surface area contributed by atoms with Crippen LogP contribution in [0.25, 0.3) is 10.9 Å². The van der Waals surface area contributed by atoms with Crippen molar-refractivity contribution in [3.05, 3.63) is 41.7 Å². The molecule has 2 N–H and O–H groups in total. The first-order chi connectivity index (χ1) is 11.3. The maximum absolute atomic E-state index is 12.4. The lowest BCUT2D eigenvalue weighted by molar-refractivity contribution is -0.147. The number of para-hydroxylation sites is 1. The number of carbonyl (C=O) groups is 1. The van der Waals surface area contributed by atoms with Crippen LogP contribution in [0.3, 0.4) is 0 Å². The molecular weight excluding hydrogens is 302 g/mol. The molecule has 5 nitrogen and oxygen atoms in total. The molecule has 1 heterocycles. The van der Waals surface area contributed by atoms with Gasteiger partial charge >= 0.3 is 5.97 Å². The fourth-order valence-corrected chi connectivity index (χ4v) is 3.24. The van der Waals surface area contributed by atoms with Crippen LogP contribution in [-0.4, -0.2) is 15.9 Å². The Morgan fingerprint density at radius 2 is 2.00 bits per heavy atom. The minimum atomic E-state index is -0.196. The van der Waals surface area contributed by atoms with Gasteiger partial charge in [-0.25, -0.2) is 9.97 Å². The summed E-state index contributed by atoms with van der Waals surface area (Å²) in [5, 5.41) is 0.805. The van der Waals surface area contributed by atoms with Crippen molar-refractivity contribution in [2.24, 2.45) is 17.3 Å². The molecule has 1 saturated carbocycles. The number of hydrogen-bond donors (Lipinski definition) is 1. The second kappa shape index (κ2) is 5.89. The predicted octanol–water partition coefficient (Wildman–Crippen LogP) is 3.49. The predicted molar refractivity (Wildman–Crippen MR) is 93.9 cm³/mol.